The summed E-state index contributed by atoms with van der Waals surface area (Å²) in [5, 5.41) is 10.8. The summed E-state index contributed by atoms with van der Waals surface area (Å²) in [4.78, 5) is 17.8. The minimum Gasteiger partial charge on any atom is -0.399 e. The van der Waals surface area contributed by atoms with Gasteiger partial charge in [-0.3, -0.25) is 0 Å². The van der Waals surface area contributed by atoms with Crippen molar-refractivity contribution in [2.45, 2.75) is 13.0 Å². The van der Waals surface area contributed by atoms with Gasteiger partial charge in [0.15, 0.2) is 0 Å². The summed E-state index contributed by atoms with van der Waals surface area (Å²) >= 11 is 3.20. The molecule has 7 heteroatoms. The number of anilines is 1. The Morgan fingerprint density at radius 3 is 2.68 bits per heavy atom. The fourth-order valence-corrected chi connectivity index (χ4v) is 4.58. The van der Waals surface area contributed by atoms with E-state index in [4.69, 9.17) is 10.7 Å². The molecule has 1 unspecified atom stereocenters. The van der Waals surface area contributed by atoms with Crippen LogP contribution in [-0.4, -0.2) is 11.0 Å². The van der Waals surface area contributed by atoms with E-state index in [1.807, 2.05) is 54.1 Å². The average molecular weight is 368 g/mol. The second kappa shape index (κ2) is 6.34. The molecule has 2 amide bonds. The molecule has 0 fully saturated rings. The molecule has 1 atom stereocenters. The van der Waals surface area contributed by atoms with E-state index in [9.17, 15) is 4.79 Å². The fourth-order valence-electron chi connectivity index (χ4n) is 2.83. The lowest BCUT2D eigenvalue weighted by Gasteiger charge is -2.27. The van der Waals surface area contributed by atoms with E-state index in [2.05, 4.69) is 10.6 Å². The van der Waals surface area contributed by atoms with Crippen molar-refractivity contribution >= 4 is 40.0 Å². The number of allylic oxidation sites excluding steroid dienone is 1. The third kappa shape index (κ3) is 3.04. The molecule has 0 saturated carbocycles. The molecular formula is C18H16N4OS2. The molecule has 25 heavy (non-hydrogen) atoms. The molecule has 1 aromatic carbocycles. The van der Waals surface area contributed by atoms with Gasteiger partial charge in [0.1, 0.15) is 5.01 Å². The Morgan fingerprint density at radius 1 is 1.16 bits per heavy atom. The highest BCUT2D eigenvalue weighted by Gasteiger charge is 2.30. The number of benzene rings is 1. The Hall–Kier alpha value is -2.64. The number of nitrogens with two attached hydrogens (primary N) is 1. The Labute approximate surface area is 153 Å². The van der Waals surface area contributed by atoms with Crippen LogP contribution in [0.5, 0.6) is 0 Å². The third-order valence-electron chi connectivity index (χ3n) is 4.04. The van der Waals surface area contributed by atoms with Crippen molar-refractivity contribution in [3.63, 3.8) is 0 Å². The van der Waals surface area contributed by atoms with Gasteiger partial charge in [0.2, 0.25) is 0 Å². The number of carbonyl (C=O) groups is 1. The highest BCUT2D eigenvalue weighted by atomic mass is 32.1. The SMILES string of the molecule is CC1=C(c2nc(-c3ccc(N)cc3)cs2)C(c2cccs2)NC(=O)N1. The summed E-state index contributed by atoms with van der Waals surface area (Å²) < 4.78 is 0. The second-order valence-electron chi connectivity index (χ2n) is 5.75. The van der Waals surface area contributed by atoms with Crippen LogP contribution in [0.25, 0.3) is 16.8 Å². The molecule has 4 N–H and O–H groups in total. The lowest BCUT2D eigenvalue weighted by molar-refractivity contribution is 0.240. The van der Waals surface area contributed by atoms with Gasteiger partial charge in [0.25, 0.3) is 0 Å². The van der Waals surface area contributed by atoms with Crippen LogP contribution in [0.15, 0.2) is 52.9 Å². The van der Waals surface area contributed by atoms with Gasteiger partial charge in [-0.1, -0.05) is 18.2 Å². The predicted octanol–water partition coefficient (Wildman–Crippen LogP) is 4.24. The zero-order valence-electron chi connectivity index (χ0n) is 13.4. The maximum atomic E-state index is 11.9. The van der Waals surface area contributed by atoms with E-state index in [-0.39, 0.29) is 12.1 Å². The van der Waals surface area contributed by atoms with Crippen molar-refractivity contribution in [3.05, 3.63) is 62.7 Å². The Bertz CT molecular complexity index is 942. The number of amides is 2. The number of nitrogens with zero attached hydrogens (tertiary/aromatic N) is 1. The topological polar surface area (TPSA) is 80.0 Å². The number of hydrogen-bond donors (Lipinski definition) is 3. The largest absolute Gasteiger partial charge is 0.399 e. The molecule has 1 aliphatic rings. The van der Waals surface area contributed by atoms with E-state index < -0.39 is 0 Å². The van der Waals surface area contributed by atoms with E-state index in [0.29, 0.717) is 0 Å². The van der Waals surface area contributed by atoms with Crippen LogP contribution in [0.2, 0.25) is 0 Å². The predicted molar refractivity (Wildman–Crippen MR) is 103 cm³/mol. The van der Waals surface area contributed by atoms with Crippen LogP contribution in [0, 0.1) is 0 Å². The molecule has 5 nitrogen and oxygen atoms in total. The normalized spacial score (nSPS) is 17.3. The molecule has 0 spiro atoms. The minimum absolute atomic E-state index is 0.181. The first-order valence-electron chi connectivity index (χ1n) is 7.75. The monoisotopic (exact) mass is 368 g/mol. The van der Waals surface area contributed by atoms with Crippen molar-refractivity contribution in [3.8, 4) is 11.3 Å². The first-order chi connectivity index (χ1) is 12.1. The summed E-state index contributed by atoms with van der Waals surface area (Å²) in [5.74, 6) is 0. The van der Waals surface area contributed by atoms with Crippen LogP contribution in [-0.2, 0) is 0 Å². The highest BCUT2D eigenvalue weighted by Crippen LogP contribution is 2.38. The van der Waals surface area contributed by atoms with Crippen LogP contribution < -0.4 is 16.4 Å². The van der Waals surface area contributed by atoms with Crippen LogP contribution in [0.1, 0.15) is 22.9 Å². The fraction of sp³-hybridized carbons (Fsp3) is 0.111. The van der Waals surface area contributed by atoms with Crippen molar-refractivity contribution < 1.29 is 4.79 Å². The van der Waals surface area contributed by atoms with E-state index in [0.717, 1.165) is 38.1 Å². The first kappa shape index (κ1) is 15.9. The molecule has 4 rings (SSSR count). The van der Waals surface area contributed by atoms with Gasteiger partial charge in [-0.05, 0) is 30.5 Å². The number of carbonyl (C=O) groups excluding carboxylic acids is 1. The maximum Gasteiger partial charge on any atom is 0.319 e. The standard InChI is InChI=1S/C18H16N4OS2/c1-10-15(16(22-18(23)20-10)14-3-2-8-24-14)17-21-13(9-25-17)11-4-6-12(19)7-5-11/h2-9,16H,19H2,1H3,(H2,20,22,23). The molecule has 126 valence electrons. The number of nitrogen functional groups attached to an aromatic ring is 1. The van der Waals surface area contributed by atoms with Gasteiger partial charge in [-0.25, -0.2) is 9.78 Å². The number of rotatable bonds is 3. The molecule has 3 aromatic rings. The van der Waals surface area contributed by atoms with E-state index in [1.54, 1.807) is 22.7 Å². The minimum atomic E-state index is -0.185. The second-order valence-corrected chi connectivity index (χ2v) is 7.58. The number of thiazole rings is 1. The molecule has 2 aromatic heterocycles. The Morgan fingerprint density at radius 2 is 1.96 bits per heavy atom. The Balaban J connectivity index is 1.75. The molecule has 0 bridgehead atoms. The van der Waals surface area contributed by atoms with Gasteiger partial charge in [0, 0.05) is 32.8 Å². The van der Waals surface area contributed by atoms with Crippen LogP contribution >= 0.6 is 22.7 Å². The molecule has 0 radical (unpaired) electrons. The van der Waals surface area contributed by atoms with Gasteiger partial charge < -0.3 is 16.4 Å². The van der Waals surface area contributed by atoms with Crippen LogP contribution in [0.3, 0.4) is 0 Å². The average Bonchev–Trinajstić information content (AvgIpc) is 3.26. The number of nitrogens with one attached hydrogen (secondary N) is 2. The molecular weight excluding hydrogens is 352 g/mol. The summed E-state index contributed by atoms with van der Waals surface area (Å²) in [5.41, 5.74) is 10.3. The molecule has 0 saturated heterocycles. The number of urea groups is 1. The lowest BCUT2D eigenvalue weighted by Crippen LogP contribution is -2.42. The molecule has 1 aliphatic heterocycles. The number of hydrogen-bond acceptors (Lipinski definition) is 5. The van der Waals surface area contributed by atoms with Crippen molar-refractivity contribution in [1.29, 1.82) is 0 Å². The van der Waals surface area contributed by atoms with E-state index in [1.165, 1.54) is 0 Å². The Kier molecular flexibility index (Phi) is 4.03. The summed E-state index contributed by atoms with van der Waals surface area (Å²) in [6, 6.07) is 11.3. The summed E-state index contributed by atoms with van der Waals surface area (Å²) in [7, 11) is 0. The quantitative estimate of drug-likeness (QED) is 0.605. The highest BCUT2D eigenvalue weighted by molar-refractivity contribution is 7.11. The van der Waals surface area contributed by atoms with Gasteiger partial charge >= 0.3 is 6.03 Å². The third-order valence-corrected chi connectivity index (χ3v) is 5.85. The zero-order valence-corrected chi connectivity index (χ0v) is 15.1. The van der Waals surface area contributed by atoms with Crippen molar-refractivity contribution in [2.75, 3.05) is 5.73 Å². The van der Waals surface area contributed by atoms with E-state index >= 15 is 0 Å². The molecule has 0 aliphatic carbocycles. The summed E-state index contributed by atoms with van der Waals surface area (Å²) in [6.07, 6.45) is 0. The van der Waals surface area contributed by atoms with Crippen LogP contribution in [0.4, 0.5) is 10.5 Å². The summed E-state index contributed by atoms with van der Waals surface area (Å²) in [6.45, 7) is 1.92. The van der Waals surface area contributed by atoms with Gasteiger partial charge in [0.05, 0.1) is 11.7 Å². The number of thiophene rings is 1. The van der Waals surface area contributed by atoms with Gasteiger partial charge in [-0.15, -0.1) is 22.7 Å². The smallest absolute Gasteiger partial charge is 0.319 e. The van der Waals surface area contributed by atoms with Crippen molar-refractivity contribution in [1.82, 2.24) is 15.6 Å². The van der Waals surface area contributed by atoms with Crippen molar-refractivity contribution in [2.24, 2.45) is 0 Å². The molecule has 3 heterocycles. The van der Waals surface area contributed by atoms with Gasteiger partial charge in [-0.2, -0.15) is 0 Å². The zero-order chi connectivity index (χ0) is 17.4. The first-order valence-corrected chi connectivity index (χ1v) is 9.51. The number of aromatic nitrogens is 1. The lowest BCUT2D eigenvalue weighted by atomic mass is 10.0. The maximum absolute atomic E-state index is 11.9.